The third-order valence-electron chi connectivity index (χ3n) is 5.52. The number of hydrogen-bond acceptors (Lipinski definition) is 5. The van der Waals surface area contributed by atoms with Crippen LogP contribution >= 0.6 is 11.6 Å². The zero-order valence-electron chi connectivity index (χ0n) is 19.0. The Morgan fingerprint density at radius 3 is 2.53 bits per heavy atom. The van der Waals surface area contributed by atoms with Crippen molar-refractivity contribution in [3.8, 4) is 17.5 Å². The van der Waals surface area contributed by atoms with Crippen LogP contribution in [0, 0.1) is 17.1 Å². The minimum Gasteiger partial charge on any atom is -0.497 e. The van der Waals surface area contributed by atoms with Gasteiger partial charge >= 0.3 is 0 Å². The van der Waals surface area contributed by atoms with Gasteiger partial charge in [0.2, 0.25) is 0 Å². The number of nitriles is 1. The molecular formula is C25H23ClFN5O2. The summed E-state index contributed by atoms with van der Waals surface area (Å²) in [4.78, 5) is 0. The van der Waals surface area contributed by atoms with Gasteiger partial charge in [-0.3, -0.25) is 4.68 Å². The Morgan fingerprint density at radius 2 is 1.85 bits per heavy atom. The fourth-order valence-corrected chi connectivity index (χ4v) is 3.91. The minimum absolute atomic E-state index is 0.305. The SMILES string of the molecule is COc1ccc(COC(C)c2cc(F)ccc2-n2nc(Cl)cc2Cc2cc(C#N)nn2C)cc1. The Kier molecular flexibility index (Phi) is 6.96. The van der Waals surface area contributed by atoms with Gasteiger partial charge in [0, 0.05) is 24.7 Å². The van der Waals surface area contributed by atoms with E-state index in [9.17, 15) is 4.39 Å². The average Bonchev–Trinajstić information content (AvgIpc) is 3.39. The molecule has 0 N–H and O–H groups in total. The largest absolute Gasteiger partial charge is 0.497 e. The van der Waals surface area contributed by atoms with Crippen molar-refractivity contribution in [3.63, 3.8) is 0 Å². The van der Waals surface area contributed by atoms with Crippen LogP contribution in [-0.2, 0) is 24.8 Å². The molecule has 0 aliphatic rings. The molecule has 0 aliphatic heterocycles. The highest BCUT2D eigenvalue weighted by Crippen LogP contribution is 2.29. The smallest absolute Gasteiger partial charge is 0.162 e. The van der Waals surface area contributed by atoms with Crippen LogP contribution in [0.15, 0.2) is 54.6 Å². The summed E-state index contributed by atoms with van der Waals surface area (Å²) >= 11 is 6.26. The lowest BCUT2D eigenvalue weighted by Gasteiger charge is -2.19. The molecule has 34 heavy (non-hydrogen) atoms. The van der Waals surface area contributed by atoms with Crippen molar-refractivity contribution in [1.82, 2.24) is 19.6 Å². The summed E-state index contributed by atoms with van der Waals surface area (Å²) in [7, 11) is 3.39. The van der Waals surface area contributed by atoms with E-state index in [4.69, 9.17) is 26.3 Å². The lowest BCUT2D eigenvalue weighted by Crippen LogP contribution is -2.11. The van der Waals surface area contributed by atoms with Crippen LogP contribution in [0.2, 0.25) is 5.15 Å². The van der Waals surface area contributed by atoms with Crippen LogP contribution in [0.5, 0.6) is 5.75 Å². The lowest BCUT2D eigenvalue weighted by molar-refractivity contribution is 0.0522. The van der Waals surface area contributed by atoms with E-state index in [2.05, 4.69) is 10.2 Å². The molecule has 0 amide bonds. The Morgan fingerprint density at radius 1 is 1.09 bits per heavy atom. The predicted octanol–water partition coefficient (Wildman–Crippen LogP) is 5.15. The van der Waals surface area contributed by atoms with Crippen LogP contribution in [0.3, 0.4) is 0 Å². The van der Waals surface area contributed by atoms with Crippen molar-refractivity contribution in [3.05, 3.63) is 93.8 Å². The van der Waals surface area contributed by atoms with Crippen LogP contribution in [-0.4, -0.2) is 26.7 Å². The third kappa shape index (κ3) is 5.11. The summed E-state index contributed by atoms with van der Waals surface area (Å²) in [5.41, 5.74) is 4.19. The summed E-state index contributed by atoms with van der Waals surface area (Å²) in [6.45, 7) is 2.21. The number of ether oxygens (including phenoxy) is 2. The van der Waals surface area contributed by atoms with Gasteiger partial charge in [0.05, 0.1) is 31.2 Å². The maximum absolute atomic E-state index is 14.2. The van der Waals surface area contributed by atoms with E-state index in [-0.39, 0.29) is 5.82 Å². The van der Waals surface area contributed by atoms with Crippen molar-refractivity contribution in [2.45, 2.75) is 26.1 Å². The first-order valence-electron chi connectivity index (χ1n) is 10.6. The Balaban J connectivity index is 1.62. The number of aromatic nitrogens is 4. The molecule has 1 atom stereocenters. The second-order valence-electron chi connectivity index (χ2n) is 7.81. The first-order chi connectivity index (χ1) is 16.4. The van der Waals surface area contributed by atoms with E-state index in [1.165, 1.54) is 12.1 Å². The molecule has 174 valence electrons. The van der Waals surface area contributed by atoms with Gasteiger partial charge < -0.3 is 9.47 Å². The molecule has 2 heterocycles. The molecule has 4 rings (SSSR count). The highest BCUT2D eigenvalue weighted by atomic mass is 35.5. The van der Waals surface area contributed by atoms with Gasteiger partial charge in [-0.15, -0.1) is 0 Å². The first-order valence-corrected chi connectivity index (χ1v) is 11.0. The molecule has 0 saturated carbocycles. The molecule has 2 aromatic carbocycles. The standard InChI is InChI=1S/C25H23ClFN5O2/c1-16(34-15-17-4-7-22(33-3)8-5-17)23-10-18(27)6-9-24(23)32-21(13-25(26)30-32)12-20-11-19(14-28)29-31(20)2/h4-11,13,16H,12,15H2,1-3H3. The molecule has 1 unspecified atom stereocenters. The van der Waals surface area contributed by atoms with E-state index < -0.39 is 6.10 Å². The normalized spacial score (nSPS) is 11.9. The second-order valence-corrected chi connectivity index (χ2v) is 8.19. The van der Waals surface area contributed by atoms with E-state index in [1.54, 1.807) is 41.7 Å². The average molecular weight is 480 g/mol. The molecule has 0 radical (unpaired) electrons. The maximum Gasteiger partial charge on any atom is 0.162 e. The Bertz CT molecular complexity index is 1340. The summed E-state index contributed by atoms with van der Waals surface area (Å²) in [6.07, 6.45) is 0.00789. The molecule has 0 spiro atoms. The highest BCUT2D eigenvalue weighted by molar-refractivity contribution is 6.29. The fourth-order valence-electron chi connectivity index (χ4n) is 3.71. The van der Waals surface area contributed by atoms with E-state index >= 15 is 0 Å². The fraction of sp³-hybridized carbons (Fsp3) is 0.240. The first kappa shape index (κ1) is 23.5. The maximum atomic E-state index is 14.2. The summed E-state index contributed by atoms with van der Waals surface area (Å²) in [6, 6.07) is 17.6. The number of hydrogen-bond donors (Lipinski definition) is 0. The number of aryl methyl sites for hydroxylation is 1. The number of nitrogens with zero attached hydrogens (tertiary/aromatic N) is 5. The van der Waals surface area contributed by atoms with Crippen molar-refractivity contribution in [1.29, 1.82) is 5.26 Å². The van der Waals surface area contributed by atoms with Crippen LogP contribution in [0.4, 0.5) is 4.39 Å². The summed E-state index contributed by atoms with van der Waals surface area (Å²) < 4.78 is 28.8. The summed E-state index contributed by atoms with van der Waals surface area (Å²) in [5.74, 6) is 0.395. The predicted molar refractivity (Wildman–Crippen MR) is 125 cm³/mol. The molecule has 0 saturated heterocycles. The molecule has 2 aromatic heterocycles. The number of methoxy groups -OCH3 is 1. The molecule has 4 aromatic rings. The molecule has 0 fully saturated rings. The van der Waals surface area contributed by atoms with E-state index in [0.717, 1.165) is 22.7 Å². The molecule has 7 nitrogen and oxygen atoms in total. The number of rotatable bonds is 8. The lowest BCUT2D eigenvalue weighted by atomic mass is 10.1. The zero-order valence-corrected chi connectivity index (χ0v) is 19.8. The van der Waals surface area contributed by atoms with Crippen LogP contribution in [0.25, 0.3) is 5.69 Å². The minimum atomic E-state index is -0.425. The molecule has 0 aliphatic carbocycles. The molecule has 0 bridgehead atoms. The molecular weight excluding hydrogens is 457 g/mol. The van der Waals surface area contributed by atoms with Gasteiger partial charge in [-0.1, -0.05) is 23.7 Å². The third-order valence-corrected chi connectivity index (χ3v) is 5.71. The van der Waals surface area contributed by atoms with Crippen LogP contribution < -0.4 is 4.74 Å². The van der Waals surface area contributed by atoms with Gasteiger partial charge in [0.25, 0.3) is 0 Å². The van der Waals surface area contributed by atoms with E-state index in [0.29, 0.717) is 35.1 Å². The summed E-state index contributed by atoms with van der Waals surface area (Å²) in [5, 5.41) is 18.1. The number of benzene rings is 2. The van der Waals surface area contributed by atoms with E-state index in [1.807, 2.05) is 37.3 Å². The monoisotopic (exact) mass is 479 g/mol. The second kappa shape index (κ2) is 10.1. The van der Waals surface area contributed by atoms with Gasteiger partial charge in [0.1, 0.15) is 17.6 Å². The van der Waals surface area contributed by atoms with Gasteiger partial charge in [0.15, 0.2) is 10.8 Å². The zero-order chi connectivity index (χ0) is 24.2. The topological polar surface area (TPSA) is 77.9 Å². The van der Waals surface area contributed by atoms with Crippen LogP contribution in [0.1, 0.15) is 41.2 Å². The number of halogens is 2. The Hall–Kier alpha value is -3.67. The van der Waals surface area contributed by atoms with Gasteiger partial charge in [-0.05, 0) is 55.0 Å². The van der Waals surface area contributed by atoms with Crippen molar-refractivity contribution < 1.29 is 13.9 Å². The van der Waals surface area contributed by atoms with Gasteiger partial charge in [-0.2, -0.15) is 15.5 Å². The van der Waals surface area contributed by atoms with Crippen molar-refractivity contribution >= 4 is 11.6 Å². The Labute approximate surface area is 201 Å². The quantitative estimate of drug-likeness (QED) is 0.349. The molecule has 9 heteroatoms. The van der Waals surface area contributed by atoms with Crippen molar-refractivity contribution in [2.75, 3.05) is 7.11 Å². The highest BCUT2D eigenvalue weighted by Gasteiger charge is 2.19. The van der Waals surface area contributed by atoms with Gasteiger partial charge in [-0.25, -0.2) is 9.07 Å². The van der Waals surface area contributed by atoms with Crippen molar-refractivity contribution in [2.24, 2.45) is 7.05 Å².